The first kappa shape index (κ1) is 18.8. The minimum Gasteiger partial charge on any atom is -0.476 e. The van der Waals surface area contributed by atoms with Gasteiger partial charge in [-0.05, 0) is 24.7 Å². The fraction of sp³-hybridized carbons (Fsp3) is 0.571. The number of aliphatic hydroxyl groups is 1. The number of ketones is 1. The van der Waals surface area contributed by atoms with Gasteiger partial charge in [0.1, 0.15) is 0 Å². The maximum absolute atomic E-state index is 13.1. The van der Waals surface area contributed by atoms with E-state index in [9.17, 15) is 19.8 Å². The van der Waals surface area contributed by atoms with Crippen LogP contribution in [0.3, 0.4) is 0 Å². The molecule has 0 unspecified atom stereocenters. The van der Waals surface area contributed by atoms with Crippen molar-refractivity contribution in [1.82, 2.24) is 0 Å². The number of carboxylic acid groups (broad SMARTS) is 1. The number of hydrogen-bond acceptors (Lipinski definition) is 3. The summed E-state index contributed by atoms with van der Waals surface area (Å²) >= 11 is 0. The average molecular weight is 358 g/mol. The lowest BCUT2D eigenvalue weighted by atomic mass is 9.69. The summed E-state index contributed by atoms with van der Waals surface area (Å²) in [5, 5.41) is 20.8. The zero-order valence-electron chi connectivity index (χ0n) is 16.1. The summed E-state index contributed by atoms with van der Waals surface area (Å²) in [6.07, 6.45) is 6.45. The molecule has 0 aliphatic heterocycles. The molecule has 0 bridgehead atoms. The second kappa shape index (κ2) is 6.02. The van der Waals surface area contributed by atoms with Crippen LogP contribution in [0, 0.1) is 17.3 Å². The highest BCUT2D eigenvalue weighted by molar-refractivity contribution is 6.11. The van der Waals surface area contributed by atoms with Crippen molar-refractivity contribution in [3.05, 3.63) is 41.2 Å². The van der Waals surface area contributed by atoms with Crippen LogP contribution in [0.25, 0.3) is 0 Å². The number of rotatable bonds is 4. The number of hydrogen-bond donors (Lipinski definition) is 2. The molecule has 1 aromatic heterocycles. The second-order valence-corrected chi connectivity index (χ2v) is 9.02. The summed E-state index contributed by atoms with van der Waals surface area (Å²) in [7, 11) is 0. The van der Waals surface area contributed by atoms with Crippen molar-refractivity contribution in [2.75, 3.05) is 0 Å². The molecule has 0 saturated carbocycles. The standard InChI is InChI=1S/C21H27NO4/c1-12(2)8-17(19(24)25)22-7-6-15-14(11-22)18(23)13-9-20(3,4)10-16(13)21(15,5)26/h6-7,9,11-12,16-17,26H,8,10H2,1-5H3/p+1/t16-,17+,21-/m0/s1. The molecule has 5 nitrogen and oxygen atoms in total. The van der Waals surface area contributed by atoms with Crippen LogP contribution in [0.2, 0.25) is 0 Å². The molecular formula is C21H28NO4+. The predicted molar refractivity (Wildman–Crippen MR) is 96.6 cm³/mol. The Labute approximate surface area is 154 Å². The van der Waals surface area contributed by atoms with E-state index in [1.165, 1.54) is 0 Å². The van der Waals surface area contributed by atoms with E-state index in [0.29, 0.717) is 23.1 Å². The second-order valence-electron chi connectivity index (χ2n) is 9.02. The van der Waals surface area contributed by atoms with Gasteiger partial charge in [-0.25, -0.2) is 4.79 Å². The van der Waals surface area contributed by atoms with Gasteiger partial charge in [0, 0.05) is 29.5 Å². The summed E-state index contributed by atoms with van der Waals surface area (Å²) in [4.78, 5) is 24.8. The Morgan fingerprint density at radius 1 is 1.35 bits per heavy atom. The fourth-order valence-corrected chi connectivity index (χ4v) is 4.41. The maximum atomic E-state index is 13.1. The van der Waals surface area contributed by atoms with Gasteiger partial charge < -0.3 is 10.2 Å². The molecule has 140 valence electrons. The number of nitrogens with zero attached hydrogens (tertiary/aromatic N) is 1. The van der Waals surface area contributed by atoms with Crippen LogP contribution >= 0.6 is 0 Å². The number of aliphatic carboxylic acids is 1. The van der Waals surface area contributed by atoms with E-state index in [2.05, 4.69) is 13.8 Å². The molecule has 2 aliphatic carbocycles. The lowest BCUT2D eigenvalue weighted by Gasteiger charge is -2.37. The number of Topliss-reactive ketones (excluding diaryl/α,β-unsaturated/α-hetero) is 1. The molecule has 2 aliphatic rings. The van der Waals surface area contributed by atoms with E-state index in [1.54, 1.807) is 30.0 Å². The molecule has 1 aromatic rings. The Hall–Kier alpha value is -2.01. The van der Waals surface area contributed by atoms with Gasteiger partial charge in [-0.2, -0.15) is 4.57 Å². The van der Waals surface area contributed by atoms with Crippen LogP contribution in [0.15, 0.2) is 30.1 Å². The van der Waals surface area contributed by atoms with Crippen molar-refractivity contribution in [3.63, 3.8) is 0 Å². The molecule has 0 aromatic carbocycles. The molecule has 3 atom stereocenters. The van der Waals surface area contributed by atoms with Crippen molar-refractivity contribution in [3.8, 4) is 0 Å². The Morgan fingerprint density at radius 3 is 2.58 bits per heavy atom. The first-order valence-corrected chi connectivity index (χ1v) is 9.22. The third-order valence-corrected chi connectivity index (χ3v) is 5.70. The van der Waals surface area contributed by atoms with Crippen LogP contribution in [-0.4, -0.2) is 22.0 Å². The molecule has 5 heteroatoms. The van der Waals surface area contributed by atoms with E-state index < -0.39 is 17.6 Å². The molecule has 3 rings (SSSR count). The van der Waals surface area contributed by atoms with Gasteiger partial charge in [-0.15, -0.1) is 0 Å². The van der Waals surface area contributed by atoms with Gasteiger partial charge in [0.2, 0.25) is 0 Å². The first-order valence-electron chi connectivity index (χ1n) is 9.22. The van der Waals surface area contributed by atoms with Crippen molar-refractivity contribution in [2.45, 2.75) is 59.1 Å². The SMILES string of the molecule is CC(C)C[C@H](C(=O)O)[n+]1ccc2c(c1)C(=O)C1=CC(C)(C)C[C@@H]1[C@@]2(C)O. The monoisotopic (exact) mass is 358 g/mol. The normalized spacial score (nSPS) is 27.7. The number of aromatic nitrogens is 1. The van der Waals surface area contributed by atoms with Crippen molar-refractivity contribution < 1.29 is 24.4 Å². The van der Waals surface area contributed by atoms with E-state index >= 15 is 0 Å². The van der Waals surface area contributed by atoms with E-state index in [1.807, 2.05) is 19.9 Å². The Morgan fingerprint density at radius 2 is 2.00 bits per heavy atom. The lowest BCUT2D eigenvalue weighted by molar-refractivity contribution is -0.712. The highest BCUT2D eigenvalue weighted by Crippen LogP contribution is 2.52. The van der Waals surface area contributed by atoms with Crippen molar-refractivity contribution in [2.24, 2.45) is 17.3 Å². The smallest absolute Gasteiger partial charge is 0.373 e. The number of pyridine rings is 1. The Balaban J connectivity index is 2.11. The highest BCUT2D eigenvalue weighted by atomic mass is 16.4. The Bertz CT molecular complexity index is 804. The predicted octanol–water partition coefficient (Wildman–Crippen LogP) is 3.02. The van der Waals surface area contributed by atoms with Crippen LogP contribution in [0.4, 0.5) is 0 Å². The summed E-state index contributed by atoms with van der Waals surface area (Å²) in [6, 6.07) is 0.982. The van der Waals surface area contributed by atoms with Crippen LogP contribution in [0.5, 0.6) is 0 Å². The van der Waals surface area contributed by atoms with Gasteiger partial charge >= 0.3 is 5.97 Å². The van der Waals surface area contributed by atoms with Gasteiger partial charge in [-0.1, -0.05) is 33.8 Å². The maximum Gasteiger partial charge on any atom is 0.373 e. The molecule has 26 heavy (non-hydrogen) atoms. The van der Waals surface area contributed by atoms with Gasteiger partial charge in [0.05, 0.1) is 11.2 Å². The average Bonchev–Trinajstić information content (AvgIpc) is 2.87. The highest BCUT2D eigenvalue weighted by Gasteiger charge is 2.51. The third kappa shape index (κ3) is 2.98. The minimum atomic E-state index is -1.14. The topological polar surface area (TPSA) is 78.5 Å². The number of carboxylic acids is 1. The van der Waals surface area contributed by atoms with E-state index in [4.69, 9.17) is 0 Å². The number of fused-ring (bicyclic) bond motifs is 2. The minimum absolute atomic E-state index is 0.0925. The first-order chi connectivity index (χ1) is 11.9. The van der Waals surface area contributed by atoms with Crippen LogP contribution in [0.1, 0.15) is 69.4 Å². The molecule has 2 N–H and O–H groups in total. The lowest BCUT2D eigenvalue weighted by Crippen LogP contribution is -2.47. The molecule has 0 radical (unpaired) electrons. The Kier molecular flexibility index (Phi) is 4.34. The van der Waals surface area contributed by atoms with Crippen LogP contribution in [-0.2, 0) is 10.4 Å². The number of carbonyl (C=O) groups is 2. The molecule has 0 fully saturated rings. The zero-order chi connectivity index (χ0) is 19.4. The number of carbonyl (C=O) groups excluding carboxylic acids is 1. The molecule has 0 amide bonds. The molecule has 1 heterocycles. The van der Waals surface area contributed by atoms with E-state index in [-0.39, 0.29) is 23.0 Å². The van der Waals surface area contributed by atoms with Gasteiger partial charge in [0.15, 0.2) is 18.2 Å². The zero-order valence-corrected chi connectivity index (χ0v) is 16.1. The summed E-state index contributed by atoms with van der Waals surface area (Å²) in [5.41, 5.74) is 0.374. The third-order valence-electron chi connectivity index (χ3n) is 5.70. The fourth-order valence-electron chi connectivity index (χ4n) is 4.41. The summed E-state index contributed by atoms with van der Waals surface area (Å²) in [5.74, 6) is -1.02. The summed E-state index contributed by atoms with van der Waals surface area (Å²) in [6.45, 7) is 9.83. The molecular weight excluding hydrogens is 330 g/mol. The molecule has 0 spiro atoms. The molecule has 0 saturated heterocycles. The summed E-state index contributed by atoms with van der Waals surface area (Å²) < 4.78 is 1.59. The number of allylic oxidation sites excluding steroid dienone is 1. The van der Waals surface area contributed by atoms with Gasteiger partial charge in [0.25, 0.3) is 6.04 Å². The van der Waals surface area contributed by atoms with E-state index in [0.717, 1.165) is 6.42 Å². The van der Waals surface area contributed by atoms with Crippen molar-refractivity contribution >= 4 is 11.8 Å². The largest absolute Gasteiger partial charge is 0.476 e. The van der Waals surface area contributed by atoms with Crippen molar-refractivity contribution in [1.29, 1.82) is 0 Å². The van der Waals surface area contributed by atoms with Crippen LogP contribution < -0.4 is 4.57 Å². The quantitative estimate of drug-likeness (QED) is 0.811. The van der Waals surface area contributed by atoms with Gasteiger partial charge in [-0.3, -0.25) is 4.79 Å².